The van der Waals surface area contributed by atoms with Crippen LogP contribution in [0.3, 0.4) is 0 Å². The van der Waals surface area contributed by atoms with E-state index in [1.807, 2.05) is 13.8 Å². The molecule has 0 bridgehead atoms. The Kier molecular flexibility index (Phi) is 6.69. The normalized spacial score (nSPS) is 16.6. The van der Waals surface area contributed by atoms with E-state index in [1.165, 1.54) is 12.1 Å². The molecule has 0 spiro atoms. The van der Waals surface area contributed by atoms with Crippen LogP contribution in [0, 0.1) is 0 Å². The fraction of sp³-hybridized carbons (Fsp3) is 0.556. The third-order valence-corrected chi connectivity index (χ3v) is 5.50. The van der Waals surface area contributed by atoms with E-state index in [1.54, 1.807) is 12.1 Å². The van der Waals surface area contributed by atoms with Crippen molar-refractivity contribution in [2.24, 2.45) is 0 Å². The van der Waals surface area contributed by atoms with Crippen molar-refractivity contribution in [3.05, 3.63) is 24.3 Å². The highest BCUT2D eigenvalue weighted by atomic mass is 32.2. The second-order valence-corrected chi connectivity index (χ2v) is 8.77. The molecule has 8 nitrogen and oxygen atoms in total. The molecule has 0 atom stereocenters. The standard InChI is InChI=1S/C18H26N2O6S/c1-13(2)26-15-8-6-14(7-9-15)20-27(24,25)12-16(21)19-18(17(22)23)10-4-3-5-11-18/h6-9,13,20H,3-5,10-12H2,1-2H3,(H,19,21)(H,22,23). The van der Waals surface area contributed by atoms with Gasteiger partial charge in [0.1, 0.15) is 17.0 Å². The Hall–Kier alpha value is -2.29. The van der Waals surface area contributed by atoms with Crippen LogP contribution in [-0.4, -0.2) is 42.8 Å². The molecule has 0 unspecified atom stereocenters. The van der Waals surface area contributed by atoms with Gasteiger partial charge in [-0.05, 0) is 51.0 Å². The van der Waals surface area contributed by atoms with Gasteiger partial charge in [0.25, 0.3) is 0 Å². The lowest BCUT2D eigenvalue weighted by molar-refractivity contribution is -0.148. The van der Waals surface area contributed by atoms with E-state index >= 15 is 0 Å². The van der Waals surface area contributed by atoms with Crippen LogP contribution in [0.4, 0.5) is 5.69 Å². The minimum atomic E-state index is -3.97. The number of aliphatic carboxylic acids is 1. The third-order valence-electron chi connectivity index (χ3n) is 4.32. The summed E-state index contributed by atoms with van der Waals surface area (Å²) in [6.45, 7) is 3.76. The first-order valence-corrected chi connectivity index (χ1v) is 10.6. The molecular weight excluding hydrogens is 372 g/mol. The number of amides is 1. The quantitative estimate of drug-likeness (QED) is 0.617. The topological polar surface area (TPSA) is 122 Å². The molecule has 1 aromatic rings. The van der Waals surface area contributed by atoms with Gasteiger partial charge in [-0.1, -0.05) is 19.3 Å². The summed E-state index contributed by atoms with van der Waals surface area (Å²) in [6, 6.07) is 6.32. The van der Waals surface area contributed by atoms with Crippen molar-refractivity contribution in [1.82, 2.24) is 5.32 Å². The smallest absolute Gasteiger partial charge is 0.329 e. The lowest BCUT2D eigenvalue weighted by atomic mass is 9.81. The summed E-state index contributed by atoms with van der Waals surface area (Å²) in [5.74, 6) is -2.19. The molecule has 9 heteroatoms. The number of anilines is 1. The predicted molar refractivity (Wildman–Crippen MR) is 101 cm³/mol. The molecule has 3 N–H and O–H groups in total. The van der Waals surface area contributed by atoms with E-state index in [0.29, 0.717) is 37.1 Å². The zero-order valence-electron chi connectivity index (χ0n) is 15.5. The second kappa shape index (κ2) is 8.60. The second-order valence-electron chi connectivity index (χ2n) is 7.05. The highest BCUT2D eigenvalue weighted by molar-refractivity contribution is 7.93. The summed E-state index contributed by atoms with van der Waals surface area (Å²) in [6.07, 6.45) is 2.88. The minimum absolute atomic E-state index is 0.00224. The maximum Gasteiger partial charge on any atom is 0.329 e. The molecule has 27 heavy (non-hydrogen) atoms. The highest BCUT2D eigenvalue weighted by Crippen LogP contribution is 2.28. The molecule has 1 fully saturated rings. The first-order valence-electron chi connectivity index (χ1n) is 8.93. The number of hydrogen-bond acceptors (Lipinski definition) is 5. The van der Waals surface area contributed by atoms with Crippen molar-refractivity contribution in [1.29, 1.82) is 0 Å². The van der Waals surface area contributed by atoms with Gasteiger partial charge in [-0.15, -0.1) is 0 Å². The van der Waals surface area contributed by atoms with Crippen LogP contribution < -0.4 is 14.8 Å². The summed E-state index contributed by atoms with van der Waals surface area (Å²) in [5.41, 5.74) is -1.08. The zero-order chi connectivity index (χ0) is 20.1. The number of rotatable bonds is 8. The van der Waals surface area contributed by atoms with Gasteiger partial charge in [0.2, 0.25) is 15.9 Å². The summed E-state index contributed by atoms with van der Waals surface area (Å²) in [7, 11) is -3.97. The lowest BCUT2D eigenvalue weighted by Gasteiger charge is -2.33. The predicted octanol–water partition coefficient (Wildman–Crippen LogP) is 2.12. The molecule has 0 saturated heterocycles. The van der Waals surface area contributed by atoms with E-state index in [9.17, 15) is 23.1 Å². The Morgan fingerprint density at radius 1 is 1.15 bits per heavy atom. The SMILES string of the molecule is CC(C)Oc1ccc(NS(=O)(=O)CC(=O)NC2(C(=O)O)CCCCC2)cc1. The molecule has 1 aliphatic carbocycles. The van der Waals surface area contributed by atoms with Crippen molar-refractivity contribution >= 4 is 27.6 Å². The Bertz CT molecular complexity index is 768. The van der Waals surface area contributed by atoms with Crippen LogP contribution in [-0.2, 0) is 19.6 Å². The molecule has 1 aliphatic rings. The first-order chi connectivity index (χ1) is 12.6. The van der Waals surface area contributed by atoms with E-state index in [0.717, 1.165) is 6.42 Å². The van der Waals surface area contributed by atoms with Crippen LogP contribution in [0.25, 0.3) is 0 Å². The Balaban J connectivity index is 1.98. The zero-order valence-corrected chi connectivity index (χ0v) is 16.3. The summed E-state index contributed by atoms with van der Waals surface area (Å²) in [5, 5.41) is 11.9. The van der Waals surface area contributed by atoms with E-state index < -0.39 is 33.2 Å². The van der Waals surface area contributed by atoms with E-state index in [2.05, 4.69) is 10.0 Å². The number of carboxylic acid groups (broad SMARTS) is 1. The van der Waals surface area contributed by atoms with Gasteiger partial charge < -0.3 is 15.2 Å². The average molecular weight is 398 g/mol. The molecule has 1 saturated carbocycles. The Morgan fingerprint density at radius 2 is 1.74 bits per heavy atom. The van der Waals surface area contributed by atoms with Gasteiger partial charge in [0, 0.05) is 5.69 Å². The van der Waals surface area contributed by atoms with Crippen LogP contribution in [0.15, 0.2) is 24.3 Å². The number of carboxylic acids is 1. The third kappa shape index (κ3) is 6.13. The minimum Gasteiger partial charge on any atom is -0.491 e. The highest BCUT2D eigenvalue weighted by Gasteiger charge is 2.41. The number of ether oxygens (including phenoxy) is 1. The monoisotopic (exact) mass is 398 g/mol. The Morgan fingerprint density at radius 3 is 2.26 bits per heavy atom. The van der Waals surface area contributed by atoms with E-state index in [-0.39, 0.29) is 6.10 Å². The molecule has 1 aromatic carbocycles. The van der Waals surface area contributed by atoms with Gasteiger partial charge in [0.05, 0.1) is 6.10 Å². The number of sulfonamides is 1. The molecule has 0 radical (unpaired) electrons. The van der Waals surface area contributed by atoms with Crippen LogP contribution in [0.2, 0.25) is 0 Å². The molecule has 150 valence electrons. The van der Waals surface area contributed by atoms with Crippen molar-refractivity contribution in [3.63, 3.8) is 0 Å². The summed E-state index contributed by atoms with van der Waals surface area (Å²) >= 11 is 0. The van der Waals surface area contributed by atoms with Gasteiger partial charge >= 0.3 is 5.97 Å². The number of benzene rings is 1. The van der Waals surface area contributed by atoms with Gasteiger partial charge in [-0.3, -0.25) is 9.52 Å². The van der Waals surface area contributed by atoms with Gasteiger partial charge in [-0.25, -0.2) is 13.2 Å². The molecule has 0 heterocycles. The van der Waals surface area contributed by atoms with Crippen molar-refractivity contribution in [3.8, 4) is 5.75 Å². The lowest BCUT2D eigenvalue weighted by Crippen LogP contribution is -2.56. The van der Waals surface area contributed by atoms with Gasteiger partial charge in [0.15, 0.2) is 0 Å². The molecular formula is C18H26N2O6S. The Labute approximate surface area is 159 Å². The van der Waals surface area contributed by atoms with Crippen LogP contribution in [0.5, 0.6) is 5.75 Å². The van der Waals surface area contributed by atoms with Gasteiger partial charge in [-0.2, -0.15) is 0 Å². The summed E-state index contributed by atoms with van der Waals surface area (Å²) < 4.78 is 32.3. The number of nitrogens with one attached hydrogen (secondary N) is 2. The van der Waals surface area contributed by atoms with Crippen LogP contribution in [0.1, 0.15) is 46.0 Å². The molecule has 1 amide bonds. The fourth-order valence-electron chi connectivity index (χ4n) is 3.11. The molecule has 0 aliphatic heterocycles. The van der Waals surface area contributed by atoms with E-state index in [4.69, 9.17) is 4.74 Å². The molecule has 0 aromatic heterocycles. The number of carbonyl (C=O) groups excluding carboxylic acids is 1. The van der Waals surface area contributed by atoms with Crippen molar-refractivity contribution < 1.29 is 27.9 Å². The van der Waals surface area contributed by atoms with Crippen molar-refractivity contribution in [2.75, 3.05) is 10.5 Å². The van der Waals surface area contributed by atoms with Crippen molar-refractivity contribution in [2.45, 2.75) is 57.6 Å². The maximum absolute atomic E-state index is 12.2. The molecule has 2 rings (SSSR count). The maximum atomic E-state index is 12.2. The largest absolute Gasteiger partial charge is 0.491 e. The first kappa shape index (κ1) is 21.0. The number of hydrogen-bond donors (Lipinski definition) is 3. The summed E-state index contributed by atoms with van der Waals surface area (Å²) in [4.78, 5) is 23.8. The fourth-order valence-corrected chi connectivity index (χ4v) is 4.10. The number of carbonyl (C=O) groups is 2. The van der Waals surface area contributed by atoms with Crippen LogP contribution >= 0.6 is 0 Å². The average Bonchev–Trinajstić information content (AvgIpc) is 2.56.